The molecule has 0 aliphatic carbocycles. The van der Waals surface area contributed by atoms with Crippen LogP contribution in [0.1, 0.15) is 19.8 Å². The van der Waals surface area contributed by atoms with Crippen LogP contribution >= 0.6 is 0 Å². The van der Waals surface area contributed by atoms with E-state index in [0.717, 1.165) is 37.9 Å². The van der Waals surface area contributed by atoms with Gasteiger partial charge in [0.1, 0.15) is 5.82 Å². The highest BCUT2D eigenvalue weighted by molar-refractivity contribution is 5.68. The molecule has 2 fully saturated rings. The number of hydrogen-bond acceptors (Lipinski definition) is 6. The van der Waals surface area contributed by atoms with Gasteiger partial charge >= 0.3 is 6.09 Å². The zero-order valence-electron chi connectivity index (χ0n) is 13.1. The molecule has 120 valence electrons. The molecule has 0 N–H and O–H groups in total. The Morgan fingerprint density at radius 3 is 2.55 bits per heavy atom. The van der Waals surface area contributed by atoms with E-state index in [4.69, 9.17) is 9.72 Å². The molecule has 0 saturated carbocycles. The van der Waals surface area contributed by atoms with Gasteiger partial charge in [0.05, 0.1) is 6.61 Å². The van der Waals surface area contributed by atoms with E-state index in [1.165, 1.54) is 12.8 Å². The van der Waals surface area contributed by atoms with Gasteiger partial charge in [0.25, 0.3) is 0 Å². The van der Waals surface area contributed by atoms with E-state index >= 15 is 0 Å². The Bertz CT molecular complexity index is 510. The minimum atomic E-state index is -0.228. The fourth-order valence-electron chi connectivity index (χ4n) is 2.92. The average molecular weight is 305 g/mol. The van der Waals surface area contributed by atoms with Crippen LogP contribution in [0.2, 0.25) is 0 Å². The second-order valence-corrected chi connectivity index (χ2v) is 5.58. The Kier molecular flexibility index (Phi) is 4.60. The van der Waals surface area contributed by atoms with Crippen molar-refractivity contribution in [1.82, 2.24) is 14.9 Å². The summed E-state index contributed by atoms with van der Waals surface area (Å²) < 4.78 is 5.04. The third-order valence-electron chi connectivity index (χ3n) is 4.15. The number of anilines is 2. The molecule has 1 aromatic rings. The highest BCUT2D eigenvalue weighted by Gasteiger charge is 2.24. The second kappa shape index (κ2) is 6.81. The van der Waals surface area contributed by atoms with Crippen LogP contribution in [0, 0.1) is 0 Å². The van der Waals surface area contributed by atoms with Crippen LogP contribution in [0.15, 0.2) is 12.3 Å². The molecular weight excluding hydrogens is 282 g/mol. The van der Waals surface area contributed by atoms with E-state index in [9.17, 15) is 4.79 Å². The third-order valence-corrected chi connectivity index (χ3v) is 4.15. The highest BCUT2D eigenvalue weighted by atomic mass is 16.6. The molecular formula is C15H23N5O2. The number of amides is 1. The monoisotopic (exact) mass is 305 g/mol. The molecule has 1 aromatic heterocycles. The summed E-state index contributed by atoms with van der Waals surface area (Å²) in [5, 5.41) is 0. The summed E-state index contributed by atoms with van der Waals surface area (Å²) in [6.45, 7) is 7.17. The number of nitrogens with zero attached hydrogens (tertiary/aromatic N) is 5. The molecule has 3 heterocycles. The quantitative estimate of drug-likeness (QED) is 0.840. The molecule has 0 radical (unpaired) electrons. The van der Waals surface area contributed by atoms with Crippen molar-refractivity contribution in [1.29, 1.82) is 0 Å². The third kappa shape index (κ3) is 3.23. The smallest absolute Gasteiger partial charge is 0.409 e. The molecule has 1 amide bonds. The summed E-state index contributed by atoms with van der Waals surface area (Å²) in [4.78, 5) is 27.0. The van der Waals surface area contributed by atoms with Gasteiger partial charge in [-0.2, -0.15) is 4.98 Å². The number of hydrogen-bond donors (Lipinski definition) is 0. The van der Waals surface area contributed by atoms with Gasteiger partial charge in [0, 0.05) is 45.5 Å². The predicted molar refractivity (Wildman–Crippen MR) is 84.3 cm³/mol. The molecule has 7 nitrogen and oxygen atoms in total. The molecule has 0 atom stereocenters. The van der Waals surface area contributed by atoms with Gasteiger partial charge in [-0.1, -0.05) is 0 Å². The first kappa shape index (κ1) is 14.9. The molecule has 2 aliphatic heterocycles. The average Bonchev–Trinajstić information content (AvgIpc) is 3.10. The minimum Gasteiger partial charge on any atom is -0.450 e. The van der Waals surface area contributed by atoms with Gasteiger partial charge < -0.3 is 19.4 Å². The summed E-state index contributed by atoms with van der Waals surface area (Å²) in [6.07, 6.45) is 4.07. The zero-order chi connectivity index (χ0) is 15.4. The van der Waals surface area contributed by atoms with Crippen molar-refractivity contribution in [2.24, 2.45) is 0 Å². The Morgan fingerprint density at radius 1 is 1.14 bits per heavy atom. The molecule has 0 bridgehead atoms. The summed E-state index contributed by atoms with van der Waals surface area (Å²) in [5.74, 6) is 1.77. The Labute approximate surface area is 130 Å². The number of piperazine rings is 1. The van der Waals surface area contributed by atoms with E-state index in [2.05, 4.69) is 14.8 Å². The van der Waals surface area contributed by atoms with Gasteiger partial charge in [-0.3, -0.25) is 0 Å². The standard InChI is InChI=1S/C15H23N5O2/c1-2-22-15(21)20-11-9-19(10-12-20)14-16-6-5-13(17-14)18-7-3-4-8-18/h5-6H,2-4,7-12H2,1H3. The number of carbonyl (C=O) groups excluding carboxylic acids is 1. The van der Waals surface area contributed by atoms with E-state index in [1.807, 2.05) is 19.2 Å². The maximum absolute atomic E-state index is 11.7. The first-order chi connectivity index (χ1) is 10.8. The maximum atomic E-state index is 11.7. The Balaban J connectivity index is 1.61. The lowest BCUT2D eigenvalue weighted by atomic mass is 10.3. The van der Waals surface area contributed by atoms with Crippen LogP contribution in [0.25, 0.3) is 0 Å². The largest absolute Gasteiger partial charge is 0.450 e. The lowest BCUT2D eigenvalue weighted by Crippen LogP contribution is -2.49. The molecule has 2 aliphatic rings. The zero-order valence-corrected chi connectivity index (χ0v) is 13.1. The van der Waals surface area contributed by atoms with Crippen molar-refractivity contribution < 1.29 is 9.53 Å². The summed E-state index contributed by atoms with van der Waals surface area (Å²) in [7, 11) is 0. The van der Waals surface area contributed by atoms with Crippen molar-refractivity contribution in [3.8, 4) is 0 Å². The lowest BCUT2D eigenvalue weighted by molar-refractivity contribution is 0.105. The highest BCUT2D eigenvalue weighted by Crippen LogP contribution is 2.20. The van der Waals surface area contributed by atoms with E-state index in [-0.39, 0.29) is 6.09 Å². The first-order valence-corrected chi connectivity index (χ1v) is 8.02. The van der Waals surface area contributed by atoms with Crippen molar-refractivity contribution in [3.05, 3.63) is 12.3 Å². The predicted octanol–water partition coefficient (Wildman–Crippen LogP) is 1.36. The molecule has 0 spiro atoms. The van der Waals surface area contributed by atoms with E-state index < -0.39 is 0 Å². The van der Waals surface area contributed by atoms with Gasteiger partial charge in [-0.05, 0) is 25.8 Å². The molecule has 3 rings (SSSR count). The summed E-state index contributed by atoms with van der Waals surface area (Å²) in [6, 6.07) is 1.98. The Morgan fingerprint density at radius 2 is 1.86 bits per heavy atom. The number of carbonyl (C=O) groups is 1. The second-order valence-electron chi connectivity index (χ2n) is 5.58. The number of aromatic nitrogens is 2. The molecule has 7 heteroatoms. The fourth-order valence-corrected chi connectivity index (χ4v) is 2.92. The van der Waals surface area contributed by atoms with Crippen molar-refractivity contribution in [3.63, 3.8) is 0 Å². The van der Waals surface area contributed by atoms with Gasteiger partial charge in [-0.25, -0.2) is 9.78 Å². The summed E-state index contributed by atoms with van der Waals surface area (Å²) >= 11 is 0. The molecule has 0 unspecified atom stereocenters. The van der Waals surface area contributed by atoms with Crippen molar-refractivity contribution >= 4 is 17.9 Å². The van der Waals surface area contributed by atoms with Gasteiger partial charge in [0.15, 0.2) is 0 Å². The molecule has 22 heavy (non-hydrogen) atoms. The molecule has 0 aromatic carbocycles. The number of ether oxygens (including phenoxy) is 1. The van der Waals surface area contributed by atoms with Gasteiger partial charge in [0.2, 0.25) is 5.95 Å². The first-order valence-electron chi connectivity index (χ1n) is 8.02. The lowest BCUT2D eigenvalue weighted by Gasteiger charge is -2.34. The fraction of sp³-hybridized carbons (Fsp3) is 0.667. The van der Waals surface area contributed by atoms with Crippen LogP contribution in [0.4, 0.5) is 16.6 Å². The van der Waals surface area contributed by atoms with Crippen LogP contribution in [-0.4, -0.2) is 66.8 Å². The molecule has 2 saturated heterocycles. The van der Waals surface area contributed by atoms with Gasteiger partial charge in [-0.15, -0.1) is 0 Å². The minimum absolute atomic E-state index is 0.228. The van der Waals surface area contributed by atoms with Crippen LogP contribution in [-0.2, 0) is 4.74 Å². The van der Waals surface area contributed by atoms with Crippen LogP contribution in [0.3, 0.4) is 0 Å². The van der Waals surface area contributed by atoms with E-state index in [1.54, 1.807) is 4.90 Å². The Hall–Kier alpha value is -2.05. The normalized spacial score (nSPS) is 18.7. The van der Waals surface area contributed by atoms with Crippen LogP contribution in [0.5, 0.6) is 0 Å². The van der Waals surface area contributed by atoms with Crippen molar-refractivity contribution in [2.75, 3.05) is 55.7 Å². The number of rotatable bonds is 3. The van der Waals surface area contributed by atoms with Crippen molar-refractivity contribution in [2.45, 2.75) is 19.8 Å². The maximum Gasteiger partial charge on any atom is 0.409 e. The SMILES string of the molecule is CCOC(=O)N1CCN(c2nccc(N3CCCC3)n2)CC1. The van der Waals surface area contributed by atoms with Crippen LogP contribution < -0.4 is 9.80 Å². The van der Waals surface area contributed by atoms with E-state index in [0.29, 0.717) is 19.7 Å². The topological polar surface area (TPSA) is 61.8 Å². The summed E-state index contributed by atoms with van der Waals surface area (Å²) in [5.41, 5.74) is 0.